The zero-order valence-electron chi connectivity index (χ0n) is 11.4. The molecule has 8 heteroatoms. The predicted molar refractivity (Wildman–Crippen MR) is 66.2 cm³/mol. The third-order valence-electron chi connectivity index (χ3n) is 3.46. The molecule has 0 saturated carbocycles. The summed E-state index contributed by atoms with van der Waals surface area (Å²) in [6, 6.07) is 0.785. The van der Waals surface area contributed by atoms with Gasteiger partial charge in [0.2, 0.25) is 0 Å². The van der Waals surface area contributed by atoms with Crippen molar-refractivity contribution in [2.24, 2.45) is 7.05 Å². The molecule has 0 aliphatic carbocycles. The zero-order valence-corrected chi connectivity index (χ0v) is 11.4. The number of amides is 1. The fourth-order valence-corrected chi connectivity index (χ4v) is 2.23. The van der Waals surface area contributed by atoms with E-state index in [1.165, 1.54) is 7.05 Å². The normalized spacial score (nSPS) is 18.2. The number of alkyl halides is 3. The number of carbonyl (C=O) groups excluding carboxylic acids is 1. The van der Waals surface area contributed by atoms with Gasteiger partial charge in [0.15, 0.2) is 5.69 Å². The summed E-state index contributed by atoms with van der Waals surface area (Å²) < 4.78 is 38.6. The Morgan fingerprint density at radius 3 is 2.45 bits per heavy atom. The summed E-state index contributed by atoms with van der Waals surface area (Å²) in [5, 5.41) is 6.10. The van der Waals surface area contributed by atoms with Crippen molar-refractivity contribution in [1.82, 2.24) is 20.0 Å². The SMILES string of the molecule is CN1CCC(NC(=O)c2cc(C(F)(F)F)nn2C)CC1. The summed E-state index contributed by atoms with van der Waals surface area (Å²) in [5.41, 5.74) is -1.12. The van der Waals surface area contributed by atoms with E-state index in [1.807, 2.05) is 7.05 Å². The number of aromatic nitrogens is 2. The van der Waals surface area contributed by atoms with Gasteiger partial charge in [0, 0.05) is 19.2 Å². The van der Waals surface area contributed by atoms with E-state index in [1.54, 1.807) is 0 Å². The largest absolute Gasteiger partial charge is 0.435 e. The van der Waals surface area contributed by atoms with E-state index in [-0.39, 0.29) is 11.7 Å². The Labute approximate surface area is 114 Å². The summed E-state index contributed by atoms with van der Waals surface area (Å²) in [4.78, 5) is 14.1. The van der Waals surface area contributed by atoms with Gasteiger partial charge < -0.3 is 10.2 Å². The van der Waals surface area contributed by atoms with Crippen LogP contribution >= 0.6 is 0 Å². The smallest absolute Gasteiger partial charge is 0.348 e. The second-order valence-electron chi connectivity index (χ2n) is 5.09. The van der Waals surface area contributed by atoms with Crippen LogP contribution in [-0.4, -0.2) is 46.8 Å². The van der Waals surface area contributed by atoms with Crippen molar-refractivity contribution in [3.8, 4) is 0 Å². The van der Waals surface area contributed by atoms with Crippen LogP contribution in [0.5, 0.6) is 0 Å². The maximum Gasteiger partial charge on any atom is 0.435 e. The number of hydrogen-bond acceptors (Lipinski definition) is 3. The quantitative estimate of drug-likeness (QED) is 0.892. The van der Waals surface area contributed by atoms with E-state index < -0.39 is 17.8 Å². The standard InChI is InChI=1S/C12H17F3N4O/c1-18-5-3-8(4-6-18)16-11(20)9-7-10(12(13,14)15)17-19(9)2/h7-8H,3-6H2,1-2H3,(H,16,20). The number of nitrogens with one attached hydrogen (secondary N) is 1. The predicted octanol–water partition coefficient (Wildman–Crippen LogP) is 1.26. The minimum atomic E-state index is -4.54. The molecular formula is C12H17F3N4O. The second-order valence-corrected chi connectivity index (χ2v) is 5.09. The maximum absolute atomic E-state index is 12.5. The van der Waals surface area contributed by atoms with Crippen LogP contribution in [0.15, 0.2) is 6.07 Å². The summed E-state index contributed by atoms with van der Waals surface area (Å²) in [7, 11) is 3.33. The molecular weight excluding hydrogens is 273 g/mol. The number of nitrogens with zero attached hydrogens (tertiary/aromatic N) is 3. The van der Waals surface area contributed by atoms with Crippen molar-refractivity contribution >= 4 is 5.91 Å². The van der Waals surface area contributed by atoms with E-state index >= 15 is 0 Å². The number of piperidine rings is 1. The molecule has 0 spiro atoms. The molecule has 1 aromatic heterocycles. The van der Waals surface area contributed by atoms with E-state index in [9.17, 15) is 18.0 Å². The van der Waals surface area contributed by atoms with Crippen LogP contribution in [0.2, 0.25) is 0 Å². The third-order valence-corrected chi connectivity index (χ3v) is 3.46. The molecule has 0 bridgehead atoms. The Kier molecular flexibility index (Phi) is 4.03. The molecule has 1 N–H and O–H groups in total. The molecule has 0 unspecified atom stereocenters. The van der Waals surface area contributed by atoms with Gasteiger partial charge in [-0.1, -0.05) is 0 Å². The minimum absolute atomic E-state index is 0.00272. The number of hydrogen-bond donors (Lipinski definition) is 1. The van der Waals surface area contributed by atoms with E-state index in [4.69, 9.17) is 0 Å². The summed E-state index contributed by atoms with van der Waals surface area (Å²) in [6.45, 7) is 1.73. The molecule has 1 aromatic rings. The molecule has 20 heavy (non-hydrogen) atoms. The van der Waals surface area contributed by atoms with Gasteiger partial charge in [0.25, 0.3) is 5.91 Å². The highest BCUT2D eigenvalue weighted by atomic mass is 19.4. The van der Waals surface area contributed by atoms with E-state index in [0.29, 0.717) is 0 Å². The Balaban J connectivity index is 2.04. The fraction of sp³-hybridized carbons (Fsp3) is 0.667. The topological polar surface area (TPSA) is 50.2 Å². The lowest BCUT2D eigenvalue weighted by atomic mass is 10.1. The molecule has 0 aromatic carbocycles. The molecule has 1 saturated heterocycles. The van der Waals surface area contributed by atoms with Crippen LogP contribution in [-0.2, 0) is 13.2 Å². The molecule has 2 rings (SSSR count). The van der Waals surface area contributed by atoms with Gasteiger partial charge >= 0.3 is 6.18 Å². The lowest BCUT2D eigenvalue weighted by Gasteiger charge is -2.29. The monoisotopic (exact) mass is 290 g/mol. The highest BCUT2D eigenvalue weighted by Gasteiger charge is 2.35. The van der Waals surface area contributed by atoms with Crippen molar-refractivity contribution in [3.05, 3.63) is 17.5 Å². The van der Waals surface area contributed by atoms with Gasteiger partial charge in [-0.05, 0) is 33.0 Å². The molecule has 1 aliphatic rings. The molecule has 1 fully saturated rings. The minimum Gasteiger partial charge on any atom is -0.348 e. The number of rotatable bonds is 2. The molecule has 112 valence electrons. The van der Waals surface area contributed by atoms with Crippen molar-refractivity contribution < 1.29 is 18.0 Å². The van der Waals surface area contributed by atoms with Gasteiger partial charge in [-0.3, -0.25) is 9.48 Å². The second kappa shape index (κ2) is 5.43. The van der Waals surface area contributed by atoms with Gasteiger partial charge in [-0.2, -0.15) is 18.3 Å². The van der Waals surface area contributed by atoms with E-state index in [0.717, 1.165) is 36.7 Å². The van der Waals surface area contributed by atoms with Crippen LogP contribution < -0.4 is 5.32 Å². The van der Waals surface area contributed by atoms with Crippen LogP contribution in [0.4, 0.5) is 13.2 Å². The Hall–Kier alpha value is -1.57. The van der Waals surface area contributed by atoms with Crippen molar-refractivity contribution in [3.63, 3.8) is 0 Å². The molecule has 1 amide bonds. The molecule has 1 aliphatic heterocycles. The highest BCUT2D eigenvalue weighted by Crippen LogP contribution is 2.28. The first-order valence-corrected chi connectivity index (χ1v) is 6.38. The van der Waals surface area contributed by atoms with Crippen LogP contribution in [0.25, 0.3) is 0 Å². The van der Waals surface area contributed by atoms with Gasteiger partial charge in [-0.15, -0.1) is 0 Å². The van der Waals surface area contributed by atoms with Gasteiger partial charge in [0.1, 0.15) is 5.69 Å². The summed E-state index contributed by atoms with van der Waals surface area (Å²) in [6.07, 6.45) is -2.94. The fourth-order valence-electron chi connectivity index (χ4n) is 2.23. The first-order chi connectivity index (χ1) is 9.27. The first-order valence-electron chi connectivity index (χ1n) is 6.38. The third kappa shape index (κ3) is 3.30. The van der Waals surface area contributed by atoms with E-state index in [2.05, 4.69) is 15.3 Å². The average molecular weight is 290 g/mol. The van der Waals surface area contributed by atoms with Crippen molar-refractivity contribution in [1.29, 1.82) is 0 Å². The molecule has 0 atom stereocenters. The summed E-state index contributed by atoms with van der Waals surface area (Å²) in [5.74, 6) is -0.509. The van der Waals surface area contributed by atoms with Crippen LogP contribution in [0.1, 0.15) is 29.0 Å². The average Bonchev–Trinajstić information content (AvgIpc) is 2.74. The molecule has 5 nitrogen and oxygen atoms in total. The molecule has 2 heterocycles. The van der Waals surface area contributed by atoms with Crippen molar-refractivity contribution in [2.75, 3.05) is 20.1 Å². The Morgan fingerprint density at radius 1 is 1.35 bits per heavy atom. The number of aryl methyl sites for hydroxylation is 1. The maximum atomic E-state index is 12.5. The lowest BCUT2D eigenvalue weighted by Crippen LogP contribution is -2.43. The molecule has 0 radical (unpaired) electrons. The number of halogens is 3. The van der Waals surface area contributed by atoms with Gasteiger partial charge in [0.05, 0.1) is 0 Å². The van der Waals surface area contributed by atoms with Crippen molar-refractivity contribution in [2.45, 2.75) is 25.1 Å². The van der Waals surface area contributed by atoms with Gasteiger partial charge in [-0.25, -0.2) is 0 Å². The van der Waals surface area contributed by atoms with Crippen LogP contribution in [0.3, 0.4) is 0 Å². The Bertz CT molecular complexity index is 489. The first kappa shape index (κ1) is 14.8. The summed E-state index contributed by atoms with van der Waals surface area (Å²) >= 11 is 0. The lowest BCUT2D eigenvalue weighted by molar-refractivity contribution is -0.141. The number of carbonyl (C=O) groups is 1. The zero-order chi connectivity index (χ0) is 14.9. The number of likely N-dealkylation sites (tertiary alicyclic amines) is 1. The van der Waals surface area contributed by atoms with Crippen LogP contribution in [0, 0.1) is 0 Å². The Morgan fingerprint density at radius 2 is 1.95 bits per heavy atom. The highest BCUT2D eigenvalue weighted by molar-refractivity contribution is 5.92.